The minimum atomic E-state index is -0.0411. The lowest BCUT2D eigenvalue weighted by molar-refractivity contribution is -0.125. The number of fused-ring (bicyclic) bond motifs is 1. The quantitative estimate of drug-likeness (QED) is 0.697. The fraction of sp³-hybridized carbons (Fsp3) is 0.636. The third-order valence-corrected chi connectivity index (χ3v) is 5.76. The van der Waals surface area contributed by atoms with E-state index < -0.39 is 0 Å². The predicted molar refractivity (Wildman–Crippen MR) is 111 cm³/mol. The number of anilines is 1. The summed E-state index contributed by atoms with van der Waals surface area (Å²) in [6, 6.07) is 8.25. The molecule has 0 aromatic heterocycles. The van der Waals surface area contributed by atoms with Gasteiger partial charge in [0.1, 0.15) is 12.4 Å². The van der Waals surface area contributed by atoms with Gasteiger partial charge in [-0.2, -0.15) is 0 Å². The van der Waals surface area contributed by atoms with Gasteiger partial charge in [-0.3, -0.25) is 9.59 Å². The minimum Gasteiger partial charge on any atom is -0.490 e. The van der Waals surface area contributed by atoms with E-state index in [1.54, 1.807) is 4.90 Å². The maximum atomic E-state index is 12.6. The van der Waals surface area contributed by atoms with Crippen molar-refractivity contribution in [3.05, 3.63) is 24.3 Å². The Morgan fingerprint density at radius 1 is 1.18 bits per heavy atom. The number of benzene rings is 1. The zero-order valence-electron chi connectivity index (χ0n) is 17.0. The number of piperidine rings is 1. The highest BCUT2D eigenvalue weighted by atomic mass is 16.5. The van der Waals surface area contributed by atoms with Crippen LogP contribution in [0.25, 0.3) is 0 Å². The molecule has 1 atom stereocenters. The lowest BCUT2D eigenvalue weighted by atomic mass is 10.00. The number of carbonyl (C=O) groups excluding carboxylic acids is 2. The van der Waals surface area contributed by atoms with Crippen LogP contribution in [0.4, 0.5) is 5.69 Å². The maximum absolute atomic E-state index is 12.6. The van der Waals surface area contributed by atoms with Gasteiger partial charge in [0.15, 0.2) is 0 Å². The van der Waals surface area contributed by atoms with Gasteiger partial charge in [-0.15, -0.1) is 0 Å². The first-order chi connectivity index (χ1) is 13.7. The fourth-order valence-electron chi connectivity index (χ4n) is 4.20. The van der Waals surface area contributed by atoms with Crippen molar-refractivity contribution < 1.29 is 14.3 Å². The number of hydrogen-bond acceptors (Lipinski definition) is 4. The maximum Gasteiger partial charge on any atom is 0.227 e. The van der Waals surface area contributed by atoms with Gasteiger partial charge in [-0.25, -0.2) is 0 Å². The van der Waals surface area contributed by atoms with Crippen LogP contribution in [-0.4, -0.2) is 55.5 Å². The molecule has 0 bridgehead atoms. The first-order valence-corrected chi connectivity index (χ1v) is 10.7. The number of para-hydroxylation sites is 2. The van der Waals surface area contributed by atoms with Crippen LogP contribution in [-0.2, 0) is 9.59 Å². The molecule has 1 saturated heterocycles. The average Bonchev–Trinajstić information content (AvgIpc) is 2.75. The second-order valence-corrected chi connectivity index (χ2v) is 7.66. The van der Waals surface area contributed by atoms with Gasteiger partial charge < -0.3 is 19.9 Å². The van der Waals surface area contributed by atoms with Gasteiger partial charge in [-0.1, -0.05) is 25.5 Å². The standard InChI is InChI=1S/C22H33N3O3/c1-2-18-8-5-6-14-24(18)15-7-13-23-21(26)11-12-22(27)25-16-17-28-20-10-4-3-9-19(20)25/h3-4,9-10,18H,2,5-8,11-17H2,1H3,(H,23,26)/t18-/m1/s1. The molecule has 0 spiro atoms. The molecular weight excluding hydrogens is 354 g/mol. The van der Waals surface area contributed by atoms with E-state index in [-0.39, 0.29) is 24.7 Å². The molecule has 6 nitrogen and oxygen atoms in total. The van der Waals surface area contributed by atoms with Gasteiger partial charge >= 0.3 is 0 Å². The number of rotatable bonds is 8. The molecule has 0 saturated carbocycles. The Balaban J connectivity index is 1.35. The van der Waals surface area contributed by atoms with Crippen molar-refractivity contribution in [3.8, 4) is 5.75 Å². The number of carbonyl (C=O) groups is 2. The van der Waals surface area contributed by atoms with E-state index in [2.05, 4.69) is 17.1 Å². The lowest BCUT2D eigenvalue weighted by Gasteiger charge is -2.35. The molecule has 0 aliphatic carbocycles. The molecule has 1 N–H and O–H groups in total. The van der Waals surface area contributed by atoms with Crippen molar-refractivity contribution in [2.45, 2.75) is 57.9 Å². The van der Waals surface area contributed by atoms with Crippen molar-refractivity contribution >= 4 is 17.5 Å². The molecule has 6 heteroatoms. The highest BCUT2D eigenvalue weighted by Gasteiger charge is 2.23. The van der Waals surface area contributed by atoms with Gasteiger partial charge in [0.05, 0.1) is 12.2 Å². The SMILES string of the molecule is CC[C@@H]1CCCCN1CCCNC(=O)CCC(=O)N1CCOc2ccccc21. The van der Waals surface area contributed by atoms with Gasteiger partial charge in [0.25, 0.3) is 0 Å². The summed E-state index contributed by atoms with van der Waals surface area (Å²) in [5.74, 6) is 0.667. The van der Waals surface area contributed by atoms with E-state index in [1.807, 2.05) is 24.3 Å². The van der Waals surface area contributed by atoms with Gasteiger partial charge in [-0.05, 0) is 44.4 Å². The number of ether oxygens (including phenoxy) is 1. The summed E-state index contributed by atoms with van der Waals surface area (Å²) in [7, 11) is 0. The first kappa shape index (κ1) is 20.6. The highest BCUT2D eigenvalue weighted by Crippen LogP contribution is 2.31. The fourth-order valence-corrected chi connectivity index (χ4v) is 4.20. The first-order valence-electron chi connectivity index (χ1n) is 10.7. The molecule has 3 rings (SSSR count). The van der Waals surface area contributed by atoms with E-state index in [0.717, 1.165) is 24.4 Å². The highest BCUT2D eigenvalue weighted by molar-refractivity contribution is 5.97. The van der Waals surface area contributed by atoms with Crippen LogP contribution in [0.2, 0.25) is 0 Å². The van der Waals surface area contributed by atoms with Gasteiger partial charge in [0.2, 0.25) is 11.8 Å². The zero-order chi connectivity index (χ0) is 19.8. The number of nitrogens with zero attached hydrogens (tertiary/aromatic N) is 2. The summed E-state index contributed by atoms with van der Waals surface area (Å²) in [6.07, 6.45) is 6.56. The lowest BCUT2D eigenvalue weighted by Crippen LogP contribution is -2.40. The number of nitrogens with one attached hydrogen (secondary N) is 1. The third kappa shape index (κ3) is 5.47. The predicted octanol–water partition coefficient (Wildman–Crippen LogP) is 2.96. The van der Waals surface area contributed by atoms with Crippen LogP contribution < -0.4 is 15.0 Å². The van der Waals surface area contributed by atoms with Crippen LogP contribution in [0.3, 0.4) is 0 Å². The molecule has 2 heterocycles. The van der Waals surface area contributed by atoms with Crippen molar-refractivity contribution in [2.75, 3.05) is 37.7 Å². The Morgan fingerprint density at radius 3 is 2.89 bits per heavy atom. The minimum absolute atomic E-state index is 0.0231. The molecule has 1 fully saturated rings. The van der Waals surface area contributed by atoms with Crippen LogP contribution in [0, 0.1) is 0 Å². The summed E-state index contributed by atoms with van der Waals surface area (Å²) in [5.41, 5.74) is 0.797. The van der Waals surface area contributed by atoms with E-state index in [0.29, 0.717) is 25.7 Å². The summed E-state index contributed by atoms with van der Waals surface area (Å²) in [4.78, 5) is 29.0. The van der Waals surface area contributed by atoms with Crippen molar-refractivity contribution in [1.29, 1.82) is 0 Å². The summed E-state index contributed by atoms with van der Waals surface area (Å²) in [5, 5.41) is 2.97. The molecule has 2 aliphatic heterocycles. The summed E-state index contributed by atoms with van der Waals surface area (Å²) in [6.45, 7) is 6.19. The van der Waals surface area contributed by atoms with Crippen molar-refractivity contribution in [2.24, 2.45) is 0 Å². The van der Waals surface area contributed by atoms with Crippen LogP contribution in [0.15, 0.2) is 24.3 Å². The second-order valence-electron chi connectivity index (χ2n) is 7.66. The number of amides is 2. The van der Waals surface area contributed by atoms with E-state index in [4.69, 9.17) is 4.74 Å². The zero-order valence-corrected chi connectivity index (χ0v) is 17.0. The molecule has 2 amide bonds. The van der Waals surface area contributed by atoms with E-state index in [1.165, 1.54) is 32.2 Å². The molecule has 154 valence electrons. The average molecular weight is 388 g/mol. The van der Waals surface area contributed by atoms with Crippen LogP contribution in [0.1, 0.15) is 51.9 Å². The Labute approximate surface area is 168 Å². The molecule has 0 radical (unpaired) electrons. The van der Waals surface area contributed by atoms with Crippen LogP contribution in [0.5, 0.6) is 5.75 Å². The van der Waals surface area contributed by atoms with Crippen molar-refractivity contribution in [1.82, 2.24) is 10.2 Å². The van der Waals surface area contributed by atoms with E-state index in [9.17, 15) is 9.59 Å². The normalized spacial score (nSPS) is 19.6. The van der Waals surface area contributed by atoms with E-state index >= 15 is 0 Å². The molecule has 2 aliphatic rings. The Hall–Kier alpha value is -2.08. The number of likely N-dealkylation sites (tertiary alicyclic amines) is 1. The Kier molecular flexibility index (Phi) is 7.71. The Morgan fingerprint density at radius 2 is 2.04 bits per heavy atom. The van der Waals surface area contributed by atoms with Crippen molar-refractivity contribution in [3.63, 3.8) is 0 Å². The number of hydrogen-bond donors (Lipinski definition) is 1. The topological polar surface area (TPSA) is 61.9 Å². The molecule has 28 heavy (non-hydrogen) atoms. The smallest absolute Gasteiger partial charge is 0.227 e. The van der Waals surface area contributed by atoms with Crippen LogP contribution >= 0.6 is 0 Å². The second kappa shape index (κ2) is 10.5. The van der Waals surface area contributed by atoms with Gasteiger partial charge in [0, 0.05) is 32.0 Å². The monoisotopic (exact) mass is 387 g/mol. The largest absolute Gasteiger partial charge is 0.490 e. The Bertz CT molecular complexity index is 664. The summed E-state index contributed by atoms with van der Waals surface area (Å²) < 4.78 is 5.58. The summed E-state index contributed by atoms with van der Waals surface area (Å²) >= 11 is 0. The molecule has 1 aromatic carbocycles. The third-order valence-electron chi connectivity index (χ3n) is 5.76. The molecular formula is C22H33N3O3. The molecule has 1 aromatic rings. The molecule has 0 unspecified atom stereocenters.